The van der Waals surface area contributed by atoms with E-state index in [1.807, 2.05) is 0 Å². The number of ether oxygens (including phenoxy) is 1. The van der Waals surface area contributed by atoms with Gasteiger partial charge in [-0.25, -0.2) is 0 Å². The van der Waals surface area contributed by atoms with Crippen LogP contribution in [0.15, 0.2) is 42.5 Å². The van der Waals surface area contributed by atoms with Crippen LogP contribution in [0, 0.1) is 24.2 Å². The summed E-state index contributed by atoms with van der Waals surface area (Å²) >= 11 is 0. The molecule has 3 aromatic carbocycles. The molecule has 6 heteroatoms. The highest BCUT2D eigenvalue weighted by Gasteiger charge is 2.73. The minimum Gasteiger partial charge on any atom is -0.504 e. The van der Waals surface area contributed by atoms with Gasteiger partial charge in [-0.15, -0.1) is 0 Å². The molecule has 41 heavy (non-hydrogen) atoms. The number of nitrogens with zero attached hydrogens (tertiary/aromatic N) is 3. The SMILES string of the molecule is Cc1cc2c3c(n(CCCC#N)c2c2ccccc12)C1Oc2c(O)ccc4c2[C@@]12CCN(CC1CC1)[C@H](C4)C2(O)C3. The van der Waals surface area contributed by atoms with Gasteiger partial charge in [-0.05, 0) is 85.7 Å². The van der Waals surface area contributed by atoms with Crippen LogP contribution < -0.4 is 4.74 Å². The van der Waals surface area contributed by atoms with Gasteiger partial charge in [0, 0.05) is 48.3 Å². The highest BCUT2D eigenvalue weighted by Crippen LogP contribution is 2.69. The normalized spacial score (nSPS) is 29.3. The number of nitriles is 1. The van der Waals surface area contributed by atoms with Crippen molar-refractivity contribution in [3.8, 4) is 17.6 Å². The molecule has 1 aromatic heterocycles. The Morgan fingerprint density at radius 3 is 2.76 bits per heavy atom. The first kappa shape index (κ1) is 24.1. The fourth-order valence-electron chi connectivity index (χ4n) is 9.44. The first-order chi connectivity index (χ1) is 20.0. The molecule has 3 heterocycles. The zero-order chi connectivity index (χ0) is 27.7. The Bertz CT molecular complexity index is 1830. The van der Waals surface area contributed by atoms with Crippen molar-refractivity contribution in [2.75, 3.05) is 13.1 Å². The quantitative estimate of drug-likeness (QED) is 0.309. The summed E-state index contributed by atoms with van der Waals surface area (Å²) in [5.41, 5.74) is 5.38. The highest BCUT2D eigenvalue weighted by molar-refractivity contribution is 6.09. The van der Waals surface area contributed by atoms with Gasteiger partial charge < -0.3 is 19.5 Å². The molecule has 0 radical (unpaired) electrons. The molecule has 208 valence electrons. The van der Waals surface area contributed by atoms with Crippen LogP contribution in [0.25, 0.3) is 21.7 Å². The van der Waals surface area contributed by atoms with E-state index in [-0.39, 0.29) is 11.8 Å². The number of benzene rings is 3. The van der Waals surface area contributed by atoms with Crippen LogP contribution in [-0.4, -0.2) is 44.4 Å². The van der Waals surface area contributed by atoms with Crippen molar-refractivity contribution in [1.29, 1.82) is 5.26 Å². The number of hydrogen-bond donors (Lipinski definition) is 2. The Kier molecular flexibility index (Phi) is 4.74. The molecule has 6 nitrogen and oxygen atoms in total. The summed E-state index contributed by atoms with van der Waals surface area (Å²) in [7, 11) is 0. The number of rotatable bonds is 5. The third-order valence-electron chi connectivity index (χ3n) is 11.3. The zero-order valence-corrected chi connectivity index (χ0v) is 23.5. The number of aliphatic hydroxyl groups is 1. The van der Waals surface area contributed by atoms with E-state index in [4.69, 9.17) is 4.74 Å². The molecule has 2 unspecified atom stereocenters. The maximum absolute atomic E-state index is 13.3. The van der Waals surface area contributed by atoms with E-state index in [0.717, 1.165) is 49.5 Å². The van der Waals surface area contributed by atoms with Crippen LogP contribution in [0.3, 0.4) is 0 Å². The maximum Gasteiger partial charge on any atom is 0.166 e. The number of aromatic hydroxyl groups is 1. The molecule has 9 rings (SSSR count). The van der Waals surface area contributed by atoms with Crippen LogP contribution in [0.5, 0.6) is 11.5 Å². The van der Waals surface area contributed by atoms with Crippen LogP contribution in [0.4, 0.5) is 0 Å². The van der Waals surface area contributed by atoms with Gasteiger partial charge in [-0.3, -0.25) is 4.90 Å². The molecule has 2 aliphatic heterocycles. The number of likely N-dealkylation sites (tertiary alicyclic amines) is 1. The van der Waals surface area contributed by atoms with Gasteiger partial charge in [0.1, 0.15) is 0 Å². The number of hydrogen-bond acceptors (Lipinski definition) is 5. The third-order valence-corrected chi connectivity index (χ3v) is 11.3. The summed E-state index contributed by atoms with van der Waals surface area (Å²) in [6.07, 6.45) is 5.59. The van der Waals surface area contributed by atoms with Crippen molar-refractivity contribution < 1.29 is 14.9 Å². The fourth-order valence-corrected chi connectivity index (χ4v) is 9.44. The predicted molar refractivity (Wildman–Crippen MR) is 157 cm³/mol. The third kappa shape index (κ3) is 2.89. The summed E-state index contributed by atoms with van der Waals surface area (Å²) < 4.78 is 9.36. The summed E-state index contributed by atoms with van der Waals surface area (Å²) in [4.78, 5) is 2.59. The molecular weight excluding hydrogens is 510 g/mol. The molecule has 0 amide bonds. The molecule has 5 aliphatic rings. The number of fused-ring (bicyclic) bond motifs is 6. The highest BCUT2D eigenvalue weighted by atomic mass is 16.5. The van der Waals surface area contributed by atoms with Crippen molar-refractivity contribution in [3.63, 3.8) is 0 Å². The van der Waals surface area contributed by atoms with E-state index in [1.165, 1.54) is 51.2 Å². The molecule has 2 fully saturated rings. The molecule has 1 saturated carbocycles. The predicted octanol–water partition coefficient (Wildman–Crippen LogP) is 5.81. The van der Waals surface area contributed by atoms with Gasteiger partial charge in [0.15, 0.2) is 17.6 Å². The second-order valence-electron chi connectivity index (χ2n) is 13.3. The molecule has 4 atom stereocenters. The number of aryl methyl sites for hydroxylation is 2. The van der Waals surface area contributed by atoms with E-state index in [0.29, 0.717) is 25.1 Å². The van der Waals surface area contributed by atoms with E-state index in [1.54, 1.807) is 6.07 Å². The van der Waals surface area contributed by atoms with Gasteiger partial charge >= 0.3 is 0 Å². The lowest BCUT2D eigenvalue weighted by Crippen LogP contribution is -2.74. The van der Waals surface area contributed by atoms with Crippen LogP contribution in [0.2, 0.25) is 0 Å². The summed E-state index contributed by atoms with van der Waals surface area (Å²) in [5.74, 6) is 1.49. The number of phenols is 1. The van der Waals surface area contributed by atoms with Gasteiger partial charge in [0.05, 0.1) is 28.3 Å². The van der Waals surface area contributed by atoms with E-state index < -0.39 is 17.1 Å². The van der Waals surface area contributed by atoms with Crippen LogP contribution in [-0.2, 0) is 24.8 Å². The second kappa shape index (κ2) is 8.06. The van der Waals surface area contributed by atoms with Crippen LogP contribution >= 0.6 is 0 Å². The summed E-state index contributed by atoms with van der Waals surface area (Å²) in [5, 5.41) is 37.4. The summed E-state index contributed by atoms with van der Waals surface area (Å²) in [6.45, 7) is 4.89. The average molecular weight is 546 g/mol. The standard InChI is InChI=1S/C35H35N3O3/c1-20-16-25-26-18-35(40)28-17-22-10-11-27(39)32-29(22)34(35,12-15-37(28)19-21-8-9-21)33(41-32)31(26)38(14-5-4-13-36)30(25)24-7-3-2-6-23(20)24/h2-3,6-7,10-11,16,21,28,33,39-40H,4-5,8-9,12,14-15,17-19H2,1H3/t28-,33?,34+,35?/m1/s1. The number of unbranched alkanes of at least 4 members (excludes halogenated alkanes) is 1. The zero-order valence-electron chi connectivity index (χ0n) is 23.5. The Hall–Kier alpha value is -3.53. The number of piperidine rings is 1. The van der Waals surface area contributed by atoms with Crippen molar-refractivity contribution >= 4 is 21.7 Å². The first-order valence-corrected chi connectivity index (χ1v) is 15.3. The fraction of sp³-hybridized carbons (Fsp3) is 0.457. The Balaban J connectivity index is 1.36. The van der Waals surface area contributed by atoms with Crippen molar-refractivity contribution in [3.05, 3.63) is 70.4 Å². The van der Waals surface area contributed by atoms with Crippen molar-refractivity contribution in [1.82, 2.24) is 9.47 Å². The lowest BCUT2D eigenvalue weighted by Gasteiger charge is -2.63. The lowest BCUT2D eigenvalue weighted by atomic mass is 9.49. The minimum absolute atomic E-state index is 0.0117. The largest absolute Gasteiger partial charge is 0.504 e. The van der Waals surface area contributed by atoms with Gasteiger partial charge in [-0.2, -0.15) is 5.26 Å². The smallest absolute Gasteiger partial charge is 0.166 e. The summed E-state index contributed by atoms with van der Waals surface area (Å²) in [6, 6.07) is 17.1. The number of phenolic OH excluding ortho intramolecular Hbond substituents is 1. The molecule has 2 N–H and O–H groups in total. The molecule has 3 aliphatic carbocycles. The van der Waals surface area contributed by atoms with Crippen molar-refractivity contribution in [2.45, 2.75) is 81.6 Å². The molecule has 2 bridgehead atoms. The average Bonchev–Trinajstić information content (AvgIpc) is 3.64. The second-order valence-corrected chi connectivity index (χ2v) is 13.3. The van der Waals surface area contributed by atoms with E-state index in [2.05, 4.69) is 58.9 Å². The first-order valence-electron chi connectivity index (χ1n) is 15.3. The number of aromatic nitrogens is 1. The molecule has 1 saturated heterocycles. The maximum atomic E-state index is 13.3. The molecular formula is C35H35N3O3. The van der Waals surface area contributed by atoms with Gasteiger partial charge in [-0.1, -0.05) is 30.3 Å². The van der Waals surface area contributed by atoms with E-state index >= 15 is 0 Å². The monoisotopic (exact) mass is 545 g/mol. The Labute approximate surface area is 239 Å². The van der Waals surface area contributed by atoms with Crippen LogP contribution in [0.1, 0.15) is 66.2 Å². The minimum atomic E-state index is -1.00. The molecule has 4 aromatic rings. The Morgan fingerprint density at radius 2 is 1.95 bits per heavy atom. The van der Waals surface area contributed by atoms with Gasteiger partial charge in [0.2, 0.25) is 0 Å². The van der Waals surface area contributed by atoms with Crippen molar-refractivity contribution in [2.24, 2.45) is 5.92 Å². The van der Waals surface area contributed by atoms with E-state index in [9.17, 15) is 15.5 Å². The molecule has 1 spiro atoms. The lowest BCUT2D eigenvalue weighted by molar-refractivity contribution is -0.173. The Morgan fingerprint density at radius 1 is 1.12 bits per heavy atom. The van der Waals surface area contributed by atoms with Gasteiger partial charge in [0.25, 0.3) is 0 Å². The topological polar surface area (TPSA) is 81.7 Å².